The number of halogens is 1. The number of carboxylic acids is 1. The summed E-state index contributed by atoms with van der Waals surface area (Å²) in [7, 11) is 0. The maximum absolute atomic E-state index is 11.5. The van der Waals surface area contributed by atoms with Crippen LogP contribution in [0, 0.1) is 0 Å². The molecule has 19 heavy (non-hydrogen) atoms. The van der Waals surface area contributed by atoms with E-state index in [0.29, 0.717) is 5.69 Å². The van der Waals surface area contributed by atoms with Gasteiger partial charge in [0.15, 0.2) is 0 Å². The highest BCUT2D eigenvalue weighted by molar-refractivity contribution is 6.33. The number of benzene rings is 1. The van der Waals surface area contributed by atoms with Crippen molar-refractivity contribution in [3.05, 3.63) is 28.8 Å². The number of amides is 3. The number of carboxylic acid groups (broad SMARTS) is 1. The lowest BCUT2D eigenvalue weighted by Crippen LogP contribution is -2.44. The fourth-order valence-corrected chi connectivity index (χ4v) is 1.46. The van der Waals surface area contributed by atoms with Gasteiger partial charge in [0, 0.05) is 5.69 Å². The average molecular weight is 286 g/mol. The minimum atomic E-state index is -1.16. The first-order chi connectivity index (χ1) is 8.81. The lowest BCUT2D eigenvalue weighted by atomic mass is 10.2. The number of nitrogens with one attached hydrogen (secondary N) is 2. The molecule has 0 aliphatic heterocycles. The molecule has 3 amide bonds. The number of carbonyl (C=O) groups is 3. The Kier molecular flexibility index (Phi) is 4.71. The zero-order valence-electron chi connectivity index (χ0n) is 9.94. The largest absolute Gasteiger partial charge is 0.478 e. The predicted molar refractivity (Wildman–Crippen MR) is 69.2 cm³/mol. The van der Waals surface area contributed by atoms with E-state index in [0.717, 1.165) is 0 Å². The van der Waals surface area contributed by atoms with Crippen molar-refractivity contribution >= 4 is 35.2 Å². The normalized spacial score (nSPS) is 11.5. The Balaban J connectivity index is 2.73. The van der Waals surface area contributed by atoms with E-state index in [4.69, 9.17) is 22.4 Å². The Morgan fingerprint density at radius 3 is 2.47 bits per heavy atom. The summed E-state index contributed by atoms with van der Waals surface area (Å²) in [5.74, 6) is -1.84. The van der Waals surface area contributed by atoms with Gasteiger partial charge in [-0.2, -0.15) is 0 Å². The number of carbonyl (C=O) groups excluding carboxylic acids is 2. The number of hydrogen-bond donors (Lipinski definition) is 4. The first kappa shape index (κ1) is 14.8. The number of rotatable bonds is 4. The van der Waals surface area contributed by atoms with Gasteiger partial charge >= 0.3 is 12.0 Å². The van der Waals surface area contributed by atoms with E-state index in [1.807, 2.05) is 0 Å². The SMILES string of the molecule is CC(NC(=O)Nc1ccc(C(=O)O)c(Cl)c1)C(N)=O. The van der Waals surface area contributed by atoms with Crippen LogP contribution in [-0.4, -0.2) is 29.1 Å². The van der Waals surface area contributed by atoms with Gasteiger partial charge in [-0.1, -0.05) is 11.6 Å². The second kappa shape index (κ2) is 6.05. The van der Waals surface area contributed by atoms with Gasteiger partial charge in [0.2, 0.25) is 5.91 Å². The van der Waals surface area contributed by atoms with E-state index in [-0.39, 0.29) is 10.6 Å². The van der Waals surface area contributed by atoms with Gasteiger partial charge < -0.3 is 21.5 Å². The van der Waals surface area contributed by atoms with Gasteiger partial charge in [0.05, 0.1) is 10.6 Å². The maximum Gasteiger partial charge on any atom is 0.337 e. The Morgan fingerprint density at radius 2 is 2.00 bits per heavy atom. The molecule has 8 heteroatoms. The molecule has 0 saturated heterocycles. The van der Waals surface area contributed by atoms with Gasteiger partial charge in [-0.15, -0.1) is 0 Å². The molecule has 1 aromatic carbocycles. The van der Waals surface area contributed by atoms with Crippen LogP contribution in [0.2, 0.25) is 5.02 Å². The summed E-state index contributed by atoms with van der Waals surface area (Å²) >= 11 is 5.74. The Labute approximate surface area is 113 Å². The van der Waals surface area contributed by atoms with Crippen LogP contribution in [0.4, 0.5) is 10.5 Å². The molecule has 7 nitrogen and oxygen atoms in total. The first-order valence-electron chi connectivity index (χ1n) is 5.21. The summed E-state index contributed by atoms with van der Waals surface area (Å²) in [6.07, 6.45) is 0. The van der Waals surface area contributed by atoms with E-state index in [1.165, 1.54) is 25.1 Å². The van der Waals surface area contributed by atoms with Gasteiger partial charge in [0.25, 0.3) is 0 Å². The van der Waals surface area contributed by atoms with E-state index in [2.05, 4.69) is 10.6 Å². The fraction of sp³-hybridized carbons (Fsp3) is 0.182. The van der Waals surface area contributed by atoms with Crippen LogP contribution in [0.3, 0.4) is 0 Å². The van der Waals surface area contributed by atoms with E-state index >= 15 is 0 Å². The van der Waals surface area contributed by atoms with Crippen LogP contribution >= 0.6 is 11.6 Å². The fourth-order valence-electron chi connectivity index (χ4n) is 1.20. The highest BCUT2D eigenvalue weighted by atomic mass is 35.5. The first-order valence-corrected chi connectivity index (χ1v) is 5.58. The van der Waals surface area contributed by atoms with E-state index < -0.39 is 23.9 Å². The minimum Gasteiger partial charge on any atom is -0.478 e. The zero-order chi connectivity index (χ0) is 14.6. The minimum absolute atomic E-state index is 0.00625. The predicted octanol–water partition coefficient (Wildman–Crippen LogP) is 1.03. The van der Waals surface area contributed by atoms with Crippen molar-refractivity contribution in [3.8, 4) is 0 Å². The van der Waals surface area contributed by atoms with Crippen LogP contribution in [0.5, 0.6) is 0 Å². The van der Waals surface area contributed by atoms with Gasteiger partial charge in [0.1, 0.15) is 6.04 Å². The van der Waals surface area contributed by atoms with Gasteiger partial charge in [-0.25, -0.2) is 9.59 Å². The molecule has 0 aliphatic carbocycles. The second-order valence-corrected chi connectivity index (χ2v) is 4.13. The monoisotopic (exact) mass is 285 g/mol. The highest BCUT2D eigenvalue weighted by Crippen LogP contribution is 2.20. The third-order valence-electron chi connectivity index (χ3n) is 2.23. The van der Waals surface area contributed by atoms with E-state index in [9.17, 15) is 14.4 Å². The molecule has 0 aliphatic rings. The van der Waals surface area contributed by atoms with E-state index in [1.54, 1.807) is 0 Å². The Bertz CT molecular complexity index is 533. The van der Waals surface area contributed by atoms with Crippen molar-refractivity contribution in [1.29, 1.82) is 0 Å². The molecule has 0 heterocycles. The third kappa shape index (κ3) is 4.14. The topological polar surface area (TPSA) is 122 Å². The highest BCUT2D eigenvalue weighted by Gasteiger charge is 2.13. The van der Waals surface area contributed by atoms with Crippen LogP contribution < -0.4 is 16.4 Å². The second-order valence-electron chi connectivity index (χ2n) is 3.72. The quantitative estimate of drug-likeness (QED) is 0.660. The summed E-state index contributed by atoms with van der Waals surface area (Å²) in [4.78, 5) is 33.0. The van der Waals surface area contributed by atoms with Crippen molar-refractivity contribution in [1.82, 2.24) is 5.32 Å². The summed E-state index contributed by atoms with van der Waals surface area (Å²) in [5, 5.41) is 13.5. The molecule has 0 bridgehead atoms. The van der Waals surface area contributed by atoms with Gasteiger partial charge in [-0.05, 0) is 25.1 Å². The van der Waals surface area contributed by atoms with Crippen molar-refractivity contribution in [2.75, 3.05) is 5.32 Å². The standard InChI is InChI=1S/C11H12ClN3O4/c1-5(9(13)16)14-11(19)15-6-2-3-7(10(17)18)8(12)4-6/h2-5H,1H3,(H2,13,16)(H,17,18)(H2,14,15,19). The van der Waals surface area contributed by atoms with Crippen LogP contribution in [0.15, 0.2) is 18.2 Å². The van der Waals surface area contributed by atoms with Crippen molar-refractivity contribution in [2.24, 2.45) is 5.73 Å². The molecule has 1 aromatic rings. The smallest absolute Gasteiger partial charge is 0.337 e. The maximum atomic E-state index is 11.5. The lowest BCUT2D eigenvalue weighted by Gasteiger charge is -2.11. The van der Waals surface area contributed by atoms with Gasteiger partial charge in [-0.3, -0.25) is 4.79 Å². The number of anilines is 1. The molecule has 0 fully saturated rings. The molecule has 0 radical (unpaired) electrons. The molecule has 1 atom stereocenters. The van der Waals surface area contributed by atoms with Crippen LogP contribution in [-0.2, 0) is 4.79 Å². The third-order valence-corrected chi connectivity index (χ3v) is 2.54. The molecule has 102 valence electrons. The molecular weight excluding hydrogens is 274 g/mol. The molecule has 5 N–H and O–H groups in total. The Hall–Kier alpha value is -2.28. The summed E-state index contributed by atoms with van der Waals surface area (Å²) < 4.78 is 0. The molecule has 1 rings (SSSR count). The molecule has 1 unspecified atom stereocenters. The molecule has 0 aromatic heterocycles. The summed E-state index contributed by atoms with van der Waals surface area (Å²) in [6.45, 7) is 1.43. The molecule has 0 spiro atoms. The summed E-state index contributed by atoms with van der Waals surface area (Å²) in [6, 6.07) is 2.46. The van der Waals surface area contributed by atoms with Crippen molar-refractivity contribution in [2.45, 2.75) is 13.0 Å². The van der Waals surface area contributed by atoms with Crippen molar-refractivity contribution in [3.63, 3.8) is 0 Å². The van der Waals surface area contributed by atoms with Crippen LogP contribution in [0.25, 0.3) is 0 Å². The lowest BCUT2D eigenvalue weighted by molar-refractivity contribution is -0.119. The number of aromatic carboxylic acids is 1. The number of primary amides is 1. The number of hydrogen-bond acceptors (Lipinski definition) is 3. The van der Waals surface area contributed by atoms with Crippen molar-refractivity contribution < 1.29 is 19.5 Å². The Morgan fingerprint density at radius 1 is 1.37 bits per heavy atom. The summed E-state index contributed by atoms with van der Waals surface area (Å²) in [5.41, 5.74) is 5.21. The number of urea groups is 1. The van der Waals surface area contributed by atoms with Crippen LogP contribution in [0.1, 0.15) is 17.3 Å². The molecular formula is C11H12ClN3O4. The average Bonchev–Trinajstić information content (AvgIpc) is 2.27. The molecule has 0 saturated carbocycles. The number of nitrogens with two attached hydrogens (primary N) is 1. The zero-order valence-corrected chi connectivity index (χ0v) is 10.7.